The van der Waals surface area contributed by atoms with Crippen LogP contribution in [0.2, 0.25) is 0 Å². The van der Waals surface area contributed by atoms with Gasteiger partial charge in [-0.2, -0.15) is 0 Å². The van der Waals surface area contributed by atoms with Crippen LogP contribution in [0.1, 0.15) is 16.8 Å². The van der Waals surface area contributed by atoms with Crippen molar-refractivity contribution in [2.24, 2.45) is 23.7 Å². The molecule has 1 heterocycles. The average molecular weight is 355 g/mol. The zero-order valence-corrected chi connectivity index (χ0v) is 14.1. The number of carbonyl (C=O) groups excluding carboxylic acids is 4. The van der Waals surface area contributed by atoms with Crippen molar-refractivity contribution in [3.63, 3.8) is 0 Å². The second-order valence-electron chi connectivity index (χ2n) is 6.75. The summed E-state index contributed by atoms with van der Waals surface area (Å²) in [6.45, 7) is -0.400. The number of nitrogens with zero attached hydrogens (tertiary/aromatic N) is 1. The fourth-order valence-corrected chi connectivity index (χ4v) is 4.19. The van der Waals surface area contributed by atoms with Gasteiger partial charge in [-0.15, -0.1) is 0 Å². The van der Waals surface area contributed by atoms with Crippen LogP contribution in [0.4, 0.5) is 0 Å². The molecule has 0 spiro atoms. The van der Waals surface area contributed by atoms with Crippen molar-refractivity contribution in [1.82, 2.24) is 4.90 Å². The van der Waals surface area contributed by atoms with Crippen LogP contribution in [-0.4, -0.2) is 42.3 Å². The molecule has 134 valence electrons. The molecule has 2 fully saturated rings. The molecule has 1 aromatic carbocycles. The number of allylic oxidation sites excluding steroid dienone is 2. The van der Waals surface area contributed by atoms with Crippen LogP contribution in [0, 0.1) is 23.7 Å². The molecule has 2 amide bonds. The van der Waals surface area contributed by atoms with Crippen LogP contribution in [0.3, 0.4) is 0 Å². The maximum Gasteiger partial charge on any atom is 0.337 e. The van der Waals surface area contributed by atoms with Crippen molar-refractivity contribution in [3.05, 3.63) is 42.0 Å². The van der Waals surface area contributed by atoms with Gasteiger partial charge in [0.15, 0.2) is 0 Å². The molecule has 0 aromatic heterocycles. The van der Waals surface area contributed by atoms with E-state index in [2.05, 4.69) is 4.74 Å². The number of carbonyl (C=O) groups is 4. The smallest absolute Gasteiger partial charge is 0.337 e. The lowest BCUT2D eigenvalue weighted by molar-refractivity contribution is -0.148. The number of fused-ring (bicyclic) bond motifs is 5. The van der Waals surface area contributed by atoms with E-state index in [9.17, 15) is 19.2 Å². The Morgan fingerprint density at radius 3 is 2.15 bits per heavy atom. The molecule has 1 aromatic rings. The van der Waals surface area contributed by atoms with E-state index in [4.69, 9.17) is 4.74 Å². The zero-order valence-electron chi connectivity index (χ0n) is 14.1. The van der Waals surface area contributed by atoms with E-state index in [1.165, 1.54) is 31.4 Å². The van der Waals surface area contributed by atoms with Crippen LogP contribution in [0.5, 0.6) is 5.75 Å². The number of rotatable bonds is 4. The summed E-state index contributed by atoms with van der Waals surface area (Å²) >= 11 is 0. The predicted molar refractivity (Wildman–Crippen MR) is 87.9 cm³/mol. The van der Waals surface area contributed by atoms with E-state index in [0.29, 0.717) is 5.56 Å². The SMILES string of the molecule is COC(=O)c1ccc(OC(=O)CN2C(=O)C3C4C=CC(C4)C3C2=O)cc1. The summed E-state index contributed by atoms with van der Waals surface area (Å²) in [6.07, 6.45) is 4.85. The highest BCUT2D eigenvalue weighted by Crippen LogP contribution is 2.52. The van der Waals surface area contributed by atoms with E-state index < -0.39 is 18.5 Å². The number of methoxy groups -OCH3 is 1. The third kappa shape index (κ3) is 2.51. The Bertz CT molecular complexity index is 797. The summed E-state index contributed by atoms with van der Waals surface area (Å²) in [5, 5.41) is 0. The number of amides is 2. The van der Waals surface area contributed by atoms with E-state index in [1.54, 1.807) is 0 Å². The van der Waals surface area contributed by atoms with Gasteiger partial charge in [0.2, 0.25) is 11.8 Å². The maximum absolute atomic E-state index is 12.5. The number of esters is 2. The Balaban J connectivity index is 1.40. The van der Waals surface area contributed by atoms with Crippen molar-refractivity contribution in [3.8, 4) is 5.75 Å². The van der Waals surface area contributed by atoms with Gasteiger partial charge in [0.25, 0.3) is 0 Å². The van der Waals surface area contributed by atoms with Crippen LogP contribution in [0.15, 0.2) is 36.4 Å². The standard InChI is InChI=1S/C19H17NO6/c1-25-19(24)10-4-6-13(7-5-10)26-14(21)9-20-17(22)15-11-2-3-12(8-11)16(15)18(20)23/h2-7,11-12,15-16H,8-9H2,1H3. The molecule has 0 radical (unpaired) electrons. The summed E-state index contributed by atoms with van der Waals surface area (Å²) in [6, 6.07) is 5.84. The van der Waals surface area contributed by atoms with Gasteiger partial charge in [0, 0.05) is 0 Å². The number of hydrogen-bond acceptors (Lipinski definition) is 6. The molecule has 7 heteroatoms. The Labute approximate surface area is 149 Å². The van der Waals surface area contributed by atoms with Gasteiger partial charge in [-0.05, 0) is 42.5 Å². The molecule has 2 aliphatic carbocycles. The van der Waals surface area contributed by atoms with Crippen molar-refractivity contribution in [2.75, 3.05) is 13.7 Å². The molecule has 1 saturated heterocycles. The minimum absolute atomic E-state index is 0.105. The summed E-state index contributed by atoms with van der Waals surface area (Å²) in [7, 11) is 1.28. The lowest BCUT2D eigenvalue weighted by Gasteiger charge is -2.16. The molecule has 7 nitrogen and oxygen atoms in total. The average Bonchev–Trinajstić information content (AvgIpc) is 3.32. The molecule has 1 aliphatic heterocycles. The van der Waals surface area contributed by atoms with Gasteiger partial charge in [-0.1, -0.05) is 12.2 Å². The molecule has 4 atom stereocenters. The summed E-state index contributed by atoms with van der Waals surface area (Å²) in [4.78, 5) is 49.6. The maximum atomic E-state index is 12.5. The number of benzene rings is 1. The molecule has 1 saturated carbocycles. The van der Waals surface area contributed by atoms with Crippen LogP contribution in [0.25, 0.3) is 0 Å². The first kappa shape index (κ1) is 16.5. The molecule has 3 aliphatic rings. The van der Waals surface area contributed by atoms with Crippen molar-refractivity contribution in [2.45, 2.75) is 6.42 Å². The van der Waals surface area contributed by atoms with Gasteiger partial charge in [-0.25, -0.2) is 9.59 Å². The zero-order chi connectivity index (χ0) is 18.4. The summed E-state index contributed by atoms with van der Waals surface area (Å²) < 4.78 is 9.77. The van der Waals surface area contributed by atoms with Crippen molar-refractivity contribution in [1.29, 1.82) is 0 Å². The number of likely N-dealkylation sites (tertiary alicyclic amines) is 1. The second kappa shape index (κ2) is 6.09. The largest absolute Gasteiger partial charge is 0.465 e. The van der Waals surface area contributed by atoms with E-state index in [-0.39, 0.29) is 41.2 Å². The molecule has 2 bridgehead atoms. The lowest BCUT2D eigenvalue weighted by atomic mass is 9.85. The fraction of sp³-hybridized carbons (Fsp3) is 0.368. The van der Waals surface area contributed by atoms with E-state index in [1.807, 2.05) is 12.2 Å². The monoisotopic (exact) mass is 355 g/mol. The molecular weight excluding hydrogens is 338 g/mol. The van der Waals surface area contributed by atoms with Gasteiger partial charge >= 0.3 is 11.9 Å². The quantitative estimate of drug-likeness (QED) is 0.349. The van der Waals surface area contributed by atoms with Gasteiger partial charge in [0.05, 0.1) is 24.5 Å². The van der Waals surface area contributed by atoms with Crippen LogP contribution < -0.4 is 4.74 Å². The lowest BCUT2D eigenvalue weighted by Crippen LogP contribution is -2.38. The highest BCUT2D eigenvalue weighted by Gasteiger charge is 2.59. The van der Waals surface area contributed by atoms with E-state index >= 15 is 0 Å². The van der Waals surface area contributed by atoms with Gasteiger partial charge in [0.1, 0.15) is 12.3 Å². The van der Waals surface area contributed by atoms with Crippen LogP contribution >= 0.6 is 0 Å². The first-order chi connectivity index (χ1) is 12.5. The Hall–Kier alpha value is -2.96. The Morgan fingerprint density at radius 2 is 1.62 bits per heavy atom. The summed E-state index contributed by atoms with van der Waals surface area (Å²) in [5.41, 5.74) is 0.327. The van der Waals surface area contributed by atoms with Gasteiger partial charge < -0.3 is 9.47 Å². The first-order valence-electron chi connectivity index (χ1n) is 8.42. The minimum Gasteiger partial charge on any atom is -0.465 e. The summed E-state index contributed by atoms with van der Waals surface area (Å²) in [5.74, 6) is -1.98. The van der Waals surface area contributed by atoms with Gasteiger partial charge in [-0.3, -0.25) is 14.5 Å². The Kier molecular flexibility index (Phi) is 3.86. The topological polar surface area (TPSA) is 90.0 Å². The van der Waals surface area contributed by atoms with Crippen molar-refractivity contribution >= 4 is 23.8 Å². The van der Waals surface area contributed by atoms with Crippen molar-refractivity contribution < 1.29 is 28.7 Å². The second-order valence-corrected chi connectivity index (χ2v) is 6.75. The molecule has 26 heavy (non-hydrogen) atoms. The highest BCUT2D eigenvalue weighted by atomic mass is 16.5. The number of hydrogen-bond donors (Lipinski definition) is 0. The third-order valence-corrected chi connectivity index (χ3v) is 5.36. The number of ether oxygens (including phenoxy) is 2. The van der Waals surface area contributed by atoms with E-state index in [0.717, 1.165) is 11.3 Å². The highest BCUT2D eigenvalue weighted by molar-refractivity contribution is 6.08. The van der Waals surface area contributed by atoms with Crippen LogP contribution in [-0.2, 0) is 19.1 Å². The first-order valence-corrected chi connectivity index (χ1v) is 8.42. The molecule has 4 unspecified atom stereocenters. The number of imide groups is 1. The third-order valence-electron chi connectivity index (χ3n) is 5.36. The Morgan fingerprint density at radius 1 is 1.04 bits per heavy atom. The molecule has 4 rings (SSSR count). The predicted octanol–water partition coefficient (Wildman–Crippen LogP) is 1.19. The molecule has 0 N–H and O–H groups in total. The molecular formula is C19H17NO6. The minimum atomic E-state index is -0.696. The fourth-order valence-electron chi connectivity index (χ4n) is 4.19. The normalized spacial score (nSPS) is 28.4.